The van der Waals surface area contributed by atoms with Crippen LogP contribution in [0.15, 0.2) is 88.9 Å². The van der Waals surface area contributed by atoms with E-state index in [1.165, 1.54) is 4.90 Å². The molecule has 124 valence electrons. The van der Waals surface area contributed by atoms with Gasteiger partial charge in [-0.1, -0.05) is 54.6 Å². The molecule has 0 bridgehead atoms. The Morgan fingerprint density at radius 3 is 2.16 bits per heavy atom. The van der Waals surface area contributed by atoms with E-state index in [2.05, 4.69) is 10.5 Å². The lowest BCUT2D eigenvalue weighted by molar-refractivity contribution is 0.0955. The Balaban J connectivity index is 1.62. The second-order valence-corrected chi connectivity index (χ2v) is 6.30. The molecule has 1 amide bonds. The minimum absolute atomic E-state index is 0.225. The molecule has 0 saturated carbocycles. The van der Waals surface area contributed by atoms with Crippen LogP contribution in [0.4, 0.5) is 0 Å². The van der Waals surface area contributed by atoms with Gasteiger partial charge in [-0.15, -0.1) is 11.8 Å². The molecule has 4 heteroatoms. The molecule has 0 radical (unpaired) electrons. The molecule has 3 aromatic carbocycles. The van der Waals surface area contributed by atoms with Gasteiger partial charge in [-0.3, -0.25) is 4.79 Å². The first-order chi connectivity index (χ1) is 12.3. The Morgan fingerprint density at radius 2 is 1.52 bits per heavy atom. The van der Waals surface area contributed by atoms with Crippen LogP contribution in [0.5, 0.6) is 0 Å². The topological polar surface area (TPSA) is 41.5 Å². The van der Waals surface area contributed by atoms with Crippen LogP contribution in [0.1, 0.15) is 15.9 Å². The SMILES string of the molecule is CSc1ccc(/C=N/NC(=O)c2ccc(-c3ccccc3)cc2)cc1. The Labute approximate surface area is 151 Å². The number of hydrogen-bond donors (Lipinski definition) is 1. The summed E-state index contributed by atoms with van der Waals surface area (Å²) in [6.45, 7) is 0. The minimum Gasteiger partial charge on any atom is -0.267 e. The van der Waals surface area contributed by atoms with Crippen molar-refractivity contribution in [1.82, 2.24) is 5.43 Å². The van der Waals surface area contributed by atoms with Crippen LogP contribution < -0.4 is 5.43 Å². The molecule has 0 saturated heterocycles. The third-order valence-corrected chi connectivity index (χ3v) is 4.49. The molecule has 0 aliphatic carbocycles. The number of amides is 1. The summed E-state index contributed by atoms with van der Waals surface area (Å²) in [6.07, 6.45) is 3.67. The summed E-state index contributed by atoms with van der Waals surface area (Å²) in [5.74, 6) is -0.225. The van der Waals surface area contributed by atoms with E-state index >= 15 is 0 Å². The van der Waals surface area contributed by atoms with Crippen molar-refractivity contribution >= 4 is 23.9 Å². The number of nitrogens with zero attached hydrogens (tertiary/aromatic N) is 1. The van der Waals surface area contributed by atoms with E-state index in [9.17, 15) is 4.79 Å². The predicted molar refractivity (Wildman–Crippen MR) is 105 cm³/mol. The Hall–Kier alpha value is -2.85. The minimum atomic E-state index is -0.225. The molecule has 0 aromatic heterocycles. The van der Waals surface area contributed by atoms with Crippen LogP contribution in [0.3, 0.4) is 0 Å². The molecule has 0 spiro atoms. The second kappa shape index (κ2) is 8.31. The quantitative estimate of drug-likeness (QED) is 0.408. The molecule has 0 aliphatic rings. The number of hydrazone groups is 1. The van der Waals surface area contributed by atoms with Crippen LogP contribution in [0, 0.1) is 0 Å². The van der Waals surface area contributed by atoms with Gasteiger partial charge in [0.05, 0.1) is 6.21 Å². The van der Waals surface area contributed by atoms with Gasteiger partial charge >= 0.3 is 0 Å². The van der Waals surface area contributed by atoms with Crippen molar-refractivity contribution < 1.29 is 4.79 Å². The molecule has 3 rings (SSSR count). The fourth-order valence-corrected chi connectivity index (χ4v) is 2.77. The van der Waals surface area contributed by atoms with Crippen molar-refractivity contribution in [3.8, 4) is 11.1 Å². The molecule has 3 nitrogen and oxygen atoms in total. The Morgan fingerprint density at radius 1 is 0.880 bits per heavy atom. The smallest absolute Gasteiger partial charge is 0.267 e. The highest BCUT2D eigenvalue weighted by Crippen LogP contribution is 2.19. The van der Waals surface area contributed by atoms with Crippen LogP contribution >= 0.6 is 11.8 Å². The zero-order chi connectivity index (χ0) is 17.5. The van der Waals surface area contributed by atoms with E-state index in [1.807, 2.05) is 73.0 Å². The summed E-state index contributed by atoms with van der Waals surface area (Å²) in [5.41, 5.74) is 6.29. The van der Waals surface area contributed by atoms with E-state index in [0.29, 0.717) is 5.56 Å². The van der Waals surface area contributed by atoms with Crippen molar-refractivity contribution in [2.45, 2.75) is 4.90 Å². The van der Waals surface area contributed by atoms with E-state index in [0.717, 1.165) is 16.7 Å². The lowest BCUT2D eigenvalue weighted by Gasteiger charge is -2.03. The van der Waals surface area contributed by atoms with Crippen LogP contribution in [-0.2, 0) is 0 Å². The molecular formula is C21H18N2OS. The highest BCUT2D eigenvalue weighted by atomic mass is 32.2. The summed E-state index contributed by atoms with van der Waals surface area (Å²) in [7, 11) is 0. The number of carbonyl (C=O) groups excluding carboxylic acids is 1. The van der Waals surface area contributed by atoms with Gasteiger partial charge in [0.1, 0.15) is 0 Å². The zero-order valence-electron chi connectivity index (χ0n) is 13.8. The van der Waals surface area contributed by atoms with E-state index in [-0.39, 0.29) is 5.91 Å². The van der Waals surface area contributed by atoms with Gasteiger partial charge in [-0.2, -0.15) is 5.10 Å². The lowest BCUT2D eigenvalue weighted by atomic mass is 10.0. The van der Waals surface area contributed by atoms with Crippen molar-refractivity contribution in [1.29, 1.82) is 0 Å². The number of carbonyl (C=O) groups is 1. The maximum Gasteiger partial charge on any atom is 0.271 e. The lowest BCUT2D eigenvalue weighted by Crippen LogP contribution is -2.17. The maximum atomic E-state index is 12.2. The van der Waals surface area contributed by atoms with Gasteiger partial charge in [0.15, 0.2) is 0 Å². The second-order valence-electron chi connectivity index (χ2n) is 5.42. The van der Waals surface area contributed by atoms with Crippen LogP contribution in [0.25, 0.3) is 11.1 Å². The summed E-state index contributed by atoms with van der Waals surface area (Å²) >= 11 is 1.69. The average Bonchev–Trinajstić information content (AvgIpc) is 2.69. The predicted octanol–water partition coefficient (Wildman–Crippen LogP) is 4.84. The Bertz CT molecular complexity index is 857. The van der Waals surface area contributed by atoms with Crippen LogP contribution in [0.2, 0.25) is 0 Å². The third kappa shape index (κ3) is 4.58. The normalized spacial score (nSPS) is 10.8. The molecule has 0 unspecified atom stereocenters. The van der Waals surface area contributed by atoms with Crippen molar-refractivity contribution in [2.75, 3.05) is 6.26 Å². The van der Waals surface area contributed by atoms with Crippen LogP contribution in [-0.4, -0.2) is 18.4 Å². The number of hydrogen-bond acceptors (Lipinski definition) is 3. The van der Waals surface area contributed by atoms with Crippen molar-refractivity contribution in [2.24, 2.45) is 5.10 Å². The average molecular weight is 346 g/mol. The number of rotatable bonds is 5. The molecule has 0 aliphatic heterocycles. The van der Waals surface area contributed by atoms with Gasteiger partial charge < -0.3 is 0 Å². The van der Waals surface area contributed by atoms with E-state index in [1.54, 1.807) is 30.1 Å². The fourth-order valence-electron chi connectivity index (χ4n) is 2.36. The summed E-state index contributed by atoms with van der Waals surface area (Å²) in [6, 6.07) is 25.5. The standard InChI is InChI=1S/C21H18N2OS/c1-25-20-13-7-16(8-14-20)15-22-23-21(24)19-11-9-18(10-12-19)17-5-3-2-4-6-17/h2-15H,1H3,(H,23,24)/b22-15+. The third-order valence-electron chi connectivity index (χ3n) is 3.75. The number of nitrogens with one attached hydrogen (secondary N) is 1. The highest BCUT2D eigenvalue weighted by molar-refractivity contribution is 7.98. The molecule has 3 aromatic rings. The number of thioether (sulfide) groups is 1. The van der Waals surface area contributed by atoms with Gasteiger partial charge in [0.2, 0.25) is 0 Å². The molecule has 1 N–H and O–H groups in total. The van der Waals surface area contributed by atoms with Gasteiger partial charge in [0.25, 0.3) is 5.91 Å². The first-order valence-electron chi connectivity index (χ1n) is 7.89. The Kier molecular flexibility index (Phi) is 5.65. The maximum absolute atomic E-state index is 12.2. The van der Waals surface area contributed by atoms with Gasteiger partial charge in [-0.05, 0) is 47.2 Å². The van der Waals surface area contributed by atoms with E-state index in [4.69, 9.17) is 0 Å². The molecular weight excluding hydrogens is 328 g/mol. The first kappa shape index (κ1) is 17.0. The van der Waals surface area contributed by atoms with E-state index < -0.39 is 0 Å². The van der Waals surface area contributed by atoms with Crippen molar-refractivity contribution in [3.05, 3.63) is 90.0 Å². The summed E-state index contributed by atoms with van der Waals surface area (Å²) in [5, 5.41) is 4.02. The molecule has 0 heterocycles. The zero-order valence-corrected chi connectivity index (χ0v) is 14.7. The van der Waals surface area contributed by atoms with Crippen molar-refractivity contribution in [3.63, 3.8) is 0 Å². The summed E-state index contributed by atoms with van der Waals surface area (Å²) < 4.78 is 0. The number of benzene rings is 3. The van der Waals surface area contributed by atoms with Gasteiger partial charge in [-0.25, -0.2) is 5.43 Å². The first-order valence-corrected chi connectivity index (χ1v) is 9.12. The molecule has 0 atom stereocenters. The fraction of sp³-hybridized carbons (Fsp3) is 0.0476. The monoisotopic (exact) mass is 346 g/mol. The summed E-state index contributed by atoms with van der Waals surface area (Å²) in [4.78, 5) is 13.3. The highest BCUT2D eigenvalue weighted by Gasteiger charge is 2.04. The van der Waals surface area contributed by atoms with Gasteiger partial charge in [0, 0.05) is 10.5 Å². The largest absolute Gasteiger partial charge is 0.271 e. The molecule has 0 fully saturated rings. The molecule has 25 heavy (non-hydrogen) atoms.